The Hall–Kier alpha value is -3.06. The van der Waals surface area contributed by atoms with Gasteiger partial charge in [0.25, 0.3) is 0 Å². The summed E-state index contributed by atoms with van der Waals surface area (Å²) in [5.74, 6) is -0.599. The van der Waals surface area contributed by atoms with E-state index in [1.165, 1.54) is 76.7 Å². The van der Waals surface area contributed by atoms with Crippen LogP contribution in [0.1, 0.15) is 181 Å². The Morgan fingerprint density at radius 3 is 1.96 bits per heavy atom. The molecule has 71 heavy (non-hydrogen) atoms. The van der Waals surface area contributed by atoms with Crippen molar-refractivity contribution in [1.82, 2.24) is 9.55 Å². The van der Waals surface area contributed by atoms with E-state index in [1.54, 1.807) is 0 Å². The number of aliphatic hydroxyl groups excluding tert-OH is 2. The van der Waals surface area contributed by atoms with Crippen molar-refractivity contribution >= 4 is 33.4 Å². The lowest BCUT2D eigenvalue weighted by atomic mass is 10.0. The Bertz CT molecular complexity index is 1910. The molecule has 21 heteroatoms. The number of hydrogen-bond acceptors (Lipinski definition) is 16. The number of nitrogens with two attached hydrogens (primary N) is 1. The van der Waals surface area contributed by atoms with Gasteiger partial charge in [0.2, 0.25) is 0 Å². The smallest absolute Gasteiger partial charge is 0.462 e. The minimum atomic E-state index is -5.44. The number of hydrogen-bond donors (Lipinski definition) is 5. The lowest BCUT2D eigenvalue weighted by Gasteiger charge is -2.21. The molecular weight excluding hydrogens is 961 g/mol. The molecule has 2 fully saturated rings. The lowest BCUT2D eigenvalue weighted by Crippen LogP contribution is -2.36. The maximum Gasteiger partial charge on any atom is 0.481 e. The SMILES string of the molecule is CCCCC/C=C\C/C=C\CC1OC1C/C=C\CCCC(=O)OC[C@H](COP(=O)(O)OP(=O)(O)OC[C@H]1O[C@@H](n2ccc(N)nc2=O)[C@H](O)[C@@H]1O)OC(=O)CCCCCCCCCCCCCCC(C)C. The van der Waals surface area contributed by atoms with Crippen molar-refractivity contribution in [3.8, 4) is 0 Å². The number of aliphatic hydroxyl groups is 2. The van der Waals surface area contributed by atoms with Gasteiger partial charge < -0.3 is 44.7 Å². The van der Waals surface area contributed by atoms with E-state index in [2.05, 4.69) is 54.4 Å². The molecule has 2 saturated heterocycles. The Balaban J connectivity index is 1.41. The zero-order valence-electron chi connectivity index (χ0n) is 42.4. The summed E-state index contributed by atoms with van der Waals surface area (Å²) in [5, 5.41) is 20.9. The minimum Gasteiger partial charge on any atom is -0.462 e. The molecule has 4 unspecified atom stereocenters. The fraction of sp³-hybridized carbons (Fsp3) is 0.760. The molecule has 1 aromatic rings. The molecule has 3 rings (SSSR count). The van der Waals surface area contributed by atoms with E-state index in [1.807, 2.05) is 12.2 Å². The molecule has 1 aromatic heterocycles. The molecule has 0 saturated carbocycles. The van der Waals surface area contributed by atoms with Gasteiger partial charge in [0, 0.05) is 19.0 Å². The number of phosphoric ester groups is 2. The van der Waals surface area contributed by atoms with E-state index >= 15 is 0 Å². The van der Waals surface area contributed by atoms with Crippen LogP contribution < -0.4 is 11.4 Å². The van der Waals surface area contributed by atoms with Crippen molar-refractivity contribution in [2.24, 2.45) is 5.92 Å². The Morgan fingerprint density at radius 1 is 0.732 bits per heavy atom. The molecule has 0 spiro atoms. The maximum atomic E-state index is 12.9. The standard InChI is InChI=1S/C50H85N3O16P2/c1-4-5-6-7-8-13-17-20-25-30-41-42(67-41)31-26-22-23-27-32-45(54)63-36-40(66-46(55)33-28-21-18-15-12-10-9-11-14-16-19-24-29-39(2)3)37-64-70(59,60)69-71(61,62)65-38-43-47(56)48(57)49(68-43)53-35-34-44(51)52-50(53)58/h8,13,20,22,25-26,34-35,39-43,47-49,56-57H,4-7,9-12,14-19,21,23-24,27-33,36-38H2,1-3H3,(H,59,60)(H,61,62)(H2,51,52,58)/b13-8-,25-20-,26-22-/t40-,41?,42?,43-,47-,48-,49-/m1/s1. The fourth-order valence-electron chi connectivity index (χ4n) is 7.89. The summed E-state index contributed by atoms with van der Waals surface area (Å²) in [6, 6.07) is 1.25. The third-order valence-corrected chi connectivity index (χ3v) is 14.7. The number of carbonyl (C=O) groups excluding carboxylic acids is 2. The Kier molecular flexibility index (Phi) is 30.9. The molecule has 0 bridgehead atoms. The van der Waals surface area contributed by atoms with E-state index in [-0.39, 0.29) is 30.9 Å². The second kappa shape index (κ2) is 35.2. The zero-order valence-corrected chi connectivity index (χ0v) is 44.2. The largest absolute Gasteiger partial charge is 0.481 e. The number of phosphoric acid groups is 2. The van der Waals surface area contributed by atoms with Crippen LogP contribution in [-0.2, 0) is 51.0 Å². The van der Waals surface area contributed by atoms with Gasteiger partial charge in [-0.1, -0.05) is 147 Å². The van der Waals surface area contributed by atoms with Gasteiger partial charge >= 0.3 is 33.3 Å². The predicted octanol–water partition coefficient (Wildman–Crippen LogP) is 9.62. The highest BCUT2D eigenvalue weighted by Crippen LogP contribution is 2.60. The van der Waals surface area contributed by atoms with Crippen molar-refractivity contribution < 1.29 is 71.0 Å². The van der Waals surface area contributed by atoms with Crippen LogP contribution in [0.15, 0.2) is 53.5 Å². The summed E-state index contributed by atoms with van der Waals surface area (Å²) in [6.45, 7) is 4.37. The highest BCUT2D eigenvalue weighted by Gasteiger charge is 2.46. The van der Waals surface area contributed by atoms with Crippen LogP contribution in [0, 0.1) is 5.92 Å². The molecule has 2 aliphatic rings. The van der Waals surface area contributed by atoms with Crippen LogP contribution in [0.5, 0.6) is 0 Å². The molecular formula is C50H85N3O16P2. The average molecular weight is 1050 g/mol. The van der Waals surface area contributed by atoms with Gasteiger partial charge in [0.1, 0.15) is 30.7 Å². The maximum absolute atomic E-state index is 12.9. The second-order valence-corrected chi connectivity index (χ2v) is 21.9. The van der Waals surface area contributed by atoms with E-state index in [9.17, 15) is 43.5 Å². The van der Waals surface area contributed by atoms with E-state index in [4.69, 9.17) is 33.7 Å². The third-order valence-electron chi connectivity index (χ3n) is 12.1. The topological polar surface area (TPSA) is 278 Å². The fourth-order valence-corrected chi connectivity index (χ4v) is 10.00. The summed E-state index contributed by atoms with van der Waals surface area (Å²) in [7, 11) is -10.9. The molecule has 2 aliphatic heterocycles. The summed E-state index contributed by atoms with van der Waals surface area (Å²) in [6.07, 6.45) is 29.7. The molecule has 0 aromatic carbocycles. The first-order chi connectivity index (χ1) is 34.0. The predicted molar refractivity (Wildman–Crippen MR) is 270 cm³/mol. The quantitative estimate of drug-likeness (QED) is 0.0134. The molecule has 19 nitrogen and oxygen atoms in total. The molecule has 0 amide bonds. The summed E-state index contributed by atoms with van der Waals surface area (Å²) >= 11 is 0. The number of nitrogen functional groups attached to an aromatic ring is 1. The number of epoxide rings is 1. The second-order valence-electron chi connectivity index (χ2n) is 18.9. The Labute approximate surface area is 421 Å². The van der Waals surface area contributed by atoms with Crippen LogP contribution in [0.3, 0.4) is 0 Å². The van der Waals surface area contributed by atoms with Crippen LogP contribution in [0.4, 0.5) is 5.82 Å². The van der Waals surface area contributed by atoms with Gasteiger partial charge in [-0.2, -0.15) is 9.29 Å². The number of esters is 2. The minimum absolute atomic E-state index is 0.0366. The van der Waals surface area contributed by atoms with Gasteiger partial charge in [-0.15, -0.1) is 0 Å². The van der Waals surface area contributed by atoms with Gasteiger partial charge in [0.05, 0.1) is 25.4 Å². The number of rotatable bonds is 41. The van der Waals surface area contributed by atoms with Crippen LogP contribution in [0.25, 0.3) is 0 Å². The van der Waals surface area contributed by atoms with Crippen LogP contribution in [-0.4, -0.2) is 97.9 Å². The molecule has 0 aliphatic carbocycles. The Morgan fingerprint density at radius 2 is 1.31 bits per heavy atom. The highest BCUT2D eigenvalue weighted by molar-refractivity contribution is 7.61. The van der Waals surface area contributed by atoms with Crippen LogP contribution in [0.2, 0.25) is 0 Å². The van der Waals surface area contributed by atoms with Crippen molar-refractivity contribution in [2.75, 3.05) is 25.6 Å². The number of allylic oxidation sites excluding steroid dienone is 4. The number of carbonyl (C=O) groups is 2. The first kappa shape index (κ1) is 62.2. The number of aromatic nitrogens is 2. The van der Waals surface area contributed by atoms with E-state index < -0.39 is 83.7 Å². The third kappa shape index (κ3) is 28.3. The first-order valence-electron chi connectivity index (χ1n) is 26.0. The van der Waals surface area contributed by atoms with Crippen molar-refractivity contribution in [3.05, 3.63) is 59.2 Å². The van der Waals surface area contributed by atoms with Crippen molar-refractivity contribution in [1.29, 1.82) is 0 Å². The molecule has 3 heterocycles. The zero-order chi connectivity index (χ0) is 51.9. The monoisotopic (exact) mass is 1050 g/mol. The van der Waals surface area contributed by atoms with Crippen LogP contribution >= 0.6 is 15.6 Å². The van der Waals surface area contributed by atoms with E-state index in [0.29, 0.717) is 19.3 Å². The molecule has 406 valence electrons. The van der Waals surface area contributed by atoms with Gasteiger partial charge in [-0.05, 0) is 63.4 Å². The van der Waals surface area contributed by atoms with Gasteiger partial charge in [-0.25, -0.2) is 13.9 Å². The molecule has 9 atom stereocenters. The molecule has 0 radical (unpaired) electrons. The lowest BCUT2D eigenvalue weighted by molar-refractivity contribution is -0.161. The first-order valence-corrected chi connectivity index (χ1v) is 29.0. The van der Waals surface area contributed by atoms with Crippen molar-refractivity contribution in [3.63, 3.8) is 0 Å². The highest BCUT2D eigenvalue weighted by atomic mass is 31.3. The van der Waals surface area contributed by atoms with Crippen molar-refractivity contribution in [2.45, 2.75) is 218 Å². The van der Waals surface area contributed by atoms with Gasteiger partial charge in [-0.3, -0.25) is 23.2 Å². The summed E-state index contributed by atoms with van der Waals surface area (Å²) < 4.78 is 62.6. The summed E-state index contributed by atoms with van der Waals surface area (Å²) in [5.41, 5.74) is 4.59. The number of nitrogens with zero attached hydrogens (tertiary/aromatic N) is 2. The average Bonchev–Trinajstić information content (AvgIpc) is 4.01. The molecule has 6 N–H and O–H groups in total. The van der Waals surface area contributed by atoms with Gasteiger partial charge in [0.15, 0.2) is 12.3 Å². The normalized spacial score (nSPS) is 22.4. The number of unbranched alkanes of at least 4 members (excludes halogenated alkanes) is 15. The number of anilines is 1. The number of ether oxygens (including phenoxy) is 4. The summed E-state index contributed by atoms with van der Waals surface area (Å²) in [4.78, 5) is 62.0. The van der Waals surface area contributed by atoms with E-state index in [0.717, 1.165) is 68.0 Å².